The Morgan fingerprint density at radius 2 is 2.04 bits per heavy atom. The van der Waals surface area contributed by atoms with Crippen molar-refractivity contribution in [1.82, 2.24) is 10.9 Å². The summed E-state index contributed by atoms with van der Waals surface area (Å²) >= 11 is 0. The SMILES string of the molecule is COc1ccc(NC(=O)/C(C#N)=C\C2CNNC2C(C)(C)C)cc1. The lowest BCUT2D eigenvalue weighted by atomic mass is 9.79. The fourth-order valence-electron chi connectivity index (χ4n) is 2.78. The highest BCUT2D eigenvalue weighted by Gasteiger charge is 2.35. The fraction of sp³-hybridized carbons (Fsp3) is 0.444. The van der Waals surface area contributed by atoms with Gasteiger partial charge in [0.1, 0.15) is 17.4 Å². The molecule has 6 nitrogen and oxygen atoms in total. The van der Waals surface area contributed by atoms with Crippen LogP contribution in [0.1, 0.15) is 20.8 Å². The Bertz CT molecular complexity index is 653. The third-order valence-corrected chi connectivity index (χ3v) is 4.05. The Labute approximate surface area is 142 Å². The summed E-state index contributed by atoms with van der Waals surface area (Å²) in [5.74, 6) is 0.378. The smallest absolute Gasteiger partial charge is 0.265 e. The molecule has 1 amide bonds. The number of hydrogen-bond acceptors (Lipinski definition) is 5. The van der Waals surface area contributed by atoms with E-state index in [1.165, 1.54) is 0 Å². The van der Waals surface area contributed by atoms with Crippen LogP contribution >= 0.6 is 0 Å². The zero-order valence-electron chi connectivity index (χ0n) is 14.5. The number of nitrogens with zero attached hydrogens (tertiary/aromatic N) is 1. The van der Waals surface area contributed by atoms with Crippen molar-refractivity contribution in [2.24, 2.45) is 11.3 Å². The van der Waals surface area contributed by atoms with Crippen LogP contribution in [0.15, 0.2) is 35.9 Å². The summed E-state index contributed by atoms with van der Waals surface area (Å²) in [6, 6.07) is 9.15. The van der Waals surface area contributed by atoms with Gasteiger partial charge in [0.05, 0.1) is 7.11 Å². The van der Waals surface area contributed by atoms with E-state index < -0.39 is 5.91 Å². The highest BCUT2D eigenvalue weighted by molar-refractivity contribution is 6.06. The standard InChI is InChI=1S/C18H24N4O2/c1-18(2,3)16-13(11-20-22-16)9-12(10-19)17(23)21-14-5-7-15(24-4)8-6-14/h5-9,13,16,20,22H,11H2,1-4H3,(H,21,23)/b12-9-. The number of anilines is 1. The third kappa shape index (κ3) is 4.34. The van der Waals surface area contributed by atoms with E-state index in [9.17, 15) is 10.1 Å². The van der Waals surface area contributed by atoms with E-state index in [4.69, 9.17) is 4.74 Å². The van der Waals surface area contributed by atoms with Crippen LogP contribution in [0.3, 0.4) is 0 Å². The maximum Gasteiger partial charge on any atom is 0.265 e. The van der Waals surface area contributed by atoms with Gasteiger partial charge in [0.15, 0.2) is 0 Å². The molecular formula is C18H24N4O2. The second kappa shape index (κ2) is 7.47. The first-order valence-electron chi connectivity index (χ1n) is 7.91. The van der Waals surface area contributed by atoms with Crippen LogP contribution in [-0.4, -0.2) is 25.6 Å². The van der Waals surface area contributed by atoms with Crippen molar-refractivity contribution in [2.75, 3.05) is 19.0 Å². The predicted molar refractivity (Wildman–Crippen MR) is 93.2 cm³/mol. The van der Waals surface area contributed by atoms with Gasteiger partial charge in [-0.3, -0.25) is 15.6 Å². The molecule has 24 heavy (non-hydrogen) atoms. The van der Waals surface area contributed by atoms with Gasteiger partial charge in [0.25, 0.3) is 5.91 Å². The van der Waals surface area contributed by atoms with E-state index >= 15 is 0 Å². The van der Waals surface area contributed by atoms with Crippen molar-refractivity contribution in [3.8, 4) is 11.8 Å². The topological polar surface area (TPSA) is 86.2 Å². The number of nitriles is 1. The second-order valence-electron chi connectivity index (χ2n) is 6.91. The average Bonchev–Trinajstić information content (AvgIpc) is 3.01. The number of carbonyl (C=O) groups excluding carboxylic acids is 1. The van der Waals surface area contributed by atoms with Crippen LogP contribution in [0, 0.1) is 22.7 Å². The lowest BCUT2D eigenvalue weighted by Crippen LogP contribution is -2.41. The van der Waals surface area contributed by atoms with Gasteiger partial charge in [-0.1, -0.05) is 26.8 Å². The number of amides is 1. The summed E-state index contributed by atoms with van der Waals surface area (Å²) in [6.07, 6.45) is 1.75. The van der Waals surface area contributed by atoms with Gasteiger partial charge in [-0.15, -0.1) is 0 Å². The van der Waals surface area contributed by atoms with Crippen LogP contribution < -0.4 is 20.9 Å². The summed E-state index contributed by atoms with van der Waals surface area (Å²) in [6.45, 7) is 7.06. The van der Waals surface area contributed by atoms with Crippen LogP contribution in [0.2, 0.25) is 0 Å². The van der Waals surface area contributed by atoms with Crippen LogP contribution in [0.25, 0.3) is 0 Å². The van der Waals surface area contributed by atoms with E-state index in [1.54, 1.807) is 37.5 Å². The van der Waals surface area contributed by atoms with Crippen molar-refractivity contribution in [1.29, 1.82) is 5.26 Å². The van der Waals surface area contributed by atoms with Gasteiger partial charge in [0, 0.05) is 24.2 Å². The molecule has 0 radical (unpaired) electrons. The molecule has 6 heteroatoms. The Balaban J connectivity index is 2.12. The van der Waals surface area contributed by atoms with Crippen molar-refractivity contribution < 1.29 is 9.53 Å². The largest absolute Gasteiger partial charge is 0.497 e. The molecule has 0 bridgehead atoms. The van der Waals surface area contributed by atoms with E-state index in [1.807, 2.05) is 6.07 Å². The number of carbonyl (C=O) groups is 1. The maximum atomic E-state index is 12.4. The Kier molecular flexibility index (Phi) is 5.60. The number of benzene rings is 1. The minimum Gasteiger partial charge on any atom is -0.497 e. The summed E-state index contributed by atoms with van der Waals surface area (Å²) in [5.41, 5.74) is 7.09. The van der Waals surface area contributed by atoms with Gasteiger partial charge in [-0.25, -0.2) is 0 Å². The second-order valence-corrected chi connectivity index (χ2v) is 6.91. The first-order chi connectivity index (χ1) is 11.3. The van der Waals surface area contributed by atoms with Crippen LogP contribution in [-0.2, 0) is 4.79 Å². The van der Waals surface area contributed by atoms with E-state index in [0.29, 0.717) is 18.0 Å². The predicted octanol–water partition coefficient (Wildman–Crippen LogP) is 2.22. The van der Waals surface area contributed by atoms with E-state index in [-0.39, 0.29) is 22.9 Å². The number of rotatable bonds is 4. The molecule has 3 N–H and O–H groups in total. The van der Waals surface area contributed by atoms with Crippen molar-refractivity contribution in [2.45, 2.75) is 26.8 Å². The van der Waals surface area contributed by atoms with Gasteiger partial charge in [-0.05, 0) is 29.7 Å². The molecule has 1 aliphatic heterocycles. The molecule has 2 unspecified atom stereocenters. The third-order valence-electron chi connectivity index (χ3n) is 4.05. The number of hydrazine groups is 1. The highest BCUT2D eigenvalue weighted by Crippen LogP contribution is 2.28. The van der Waals surface area contributed by atoms with Gasteiger partial charge in [-0.2, -0.15) is 5.26 Å². The molecule has 1 fully saturated rings. The minimum atomic E-state index is -0.401. The minimum absolute atomic E-state index is 0.0116. The molecule has 2 rings (SSSR count). The first kappa shape index (κ1) is 18.0. The molecule has 1 saturated heterocycles. The molecule has 0 aromatic heterocycles. The van der Waals surface area contributed by atoms with Crippen molar-refractivity contribution >= 4 is 11.6 Å². The molecule has 2 atom stereocenters. The number of ether oxygens (including phenoxy) is 1. The lowest BCUT2D eigenvalue weighted by Gasteiger charge is -2.30. The molecule has 0 saturated carbocycles. The first-order valence-corrected chi connectivity index (χ1v) is 7.91. The lowest BCUT2D eigenvalue weighted by molar-refractivity contribution is -0.112. The van der Waals surface area contributed by atoms with Crippen LogP contribution in [0.5, 0.6) is 5.75 Å². The summed E-state index contributed by atoms with van der Waals surface area (Å²) in [4.78, 5) is 12.4. The molecule has 0 spiro atoms. The normalized spacial score (nSPS) is 21.2. The summed E-state index contributed by atoms with van der Waals surface area (Å²) in [5, 5.41) is 12.1. The molecule has 1 aromatic carbocycles. The number of nitrogens with one attached hydrogen (secondary N) is 3. The van der Waals surface area contributed by atoms with Gasteiger partial charge < -0.3 is 10.1 Å². The molecule has 0 aliphatic carbocycles. The maximum absolute atomic E-state index is 12.4. The zero-order chi connectivity index (χ0) is 17.7. The molecule has 128 valence electrons. The molecule has 1 aromatic rings. The van der Waals surface area contributed by atoms with E-state index in [0.717, 1.165) is 0 Å². The zero-order valence-corrected chi connectivity index (χ0v) is 14.5. The fourth-order valence-corrected chi connectivity index (χ4v) is 2.78. The monoisotopic (exact) mass is 328 g/mol. The molecule has 1 heterocycles. The number of methoxy groups -OCH3 is 1. The number of hydrogen-bond donors (Lipinski definition) is 3. The van der Waals surface area contributed by atoms with Crippen molar-refractivity contribution in [3.63, 3.8) is 0 Å². The quantitative estimate of drug-likeness (QED) is 0.583. The van der Waals surface area contributed by atoms with E-state index in [2.05, 4.69) is 36.9 Å². The highest BCUT2D eigenvalue weighted by atomic mass is 16.5. The Morgan fingerprint density at radius 3 is 2.58 bits per heavy atom. The van der Waals surface area contributed by atoms with Crippen molar-refractivity contribution in [3.05, 3.63) is 35.9 Å². The molecular weight excluding hydrogens is 304 g/mol. The summed E-state index contributed by atoms with van der Waals surface area (Å²) in [7, 11) is 1.58. The van der Waals surface area contributed by atoms with Gasteiger partial charge >= 0.3 is 0 Å². The average molecular weight is 328 g/mol. The van der Waals surface area contributed by atoms with Crippen LogP contribution in [0.4, 0.5) is 5.69 Å². The summed E-state index contributed by atoms with van der Waals surface area (Å²) < 4.78 is 5.08. The van der Waals surface area contributed by atoms with Gasteiger partial charge in [0.2, 0.25) is 0 Å². The Hall–Kier alpha value is -2.36. The Morgan fingerprint density at radius 1 is 1.38 bits per heavy atom. The molecule has 1 aliphatic rings.